The molecular formula is C18H18N4OS. The number of benzene rings is 1. The van der Waals surface area contributed by atoms with E-state index in [1.165, 1.54) is 16.0 Å². The van der Waals surface area contributed by atoms with E-state index in [1.54, 1.807) is 22.2 Å². The van der Waals surface area contributed by atoms with Crippen LogP contribution in [0.1, 0.15) is 39.5 Å². The third kappa shape index (κ3) is 2.73. The van der Waals surface area contributed by atoms with Crippen LogP contribution in [0.15, 0.2) is 48.0 Å². The van der Waals surface area contributed by atoms with E-state index in [4.69, 9.17) is 0 Å². The summed E-state index contributed by atoms with van der Waals surface area (Å²) in [5.74, 6) is -0.0468. The maximum Gasteiger partial charge on any atom is 0.276 e. The molecule has 0 fully saturated rings. The summed E-state index contributed by atoms with van der Waals surface area (Å²) < 4.78 is 1.72. The van der Waals surface area contributed by atoms with Crippen molar-refractivity contribution in [1.29, 1.82) is 0 Å². The van der Waals surface area contributed by atoms with Crippen LogP contribution in [-0.4, -0.2) is 32.3 Å². The standard InChI is InChI=1S/C18H18N4OS/c1-13-16-7-3-2-5-14(16)8-9-22(13)18(23)17-12-21(20-19-17)11-15-6-4-10-24-15/h2-7,10,12-13H,8-9,11H2,1H3. The molecule has 1 aliphatic rings. The summed E-state index contributed by atoms with van der Waals surface area (Å²) in [4.78, 5) is 15.9. The number of rotatable bonds is 3. The SMILES string of the molecule is CC1c2ccccc2CCN1C(=O)c1cn(Cc2cccs2)nn1. The predicted octanol–water partition coefficient (Wildman–Crippen LogP) is 3.15. The quantitative estimate of drug-likeness (QED) is 0.737. The molecule has 3 aromatic rings. The largest absolute Gasteiger partial charge is 0.330 e. The average Bonchev–Trinajstić information content (AvgIpc) is 3.27. The zero-order chi connectivity index (χ0) is 16.5. The lowest BCUT2D eigenvalue weighted by Crippen LogP contribution is -2.39. The monoisotopic (exact) mass is 338 g/mol. The van der Waals surface area contributed by atoms with Gasteiger partial charge in [-0.25, -0.2) is 4.68 Å². The molecule has 0 saturated carbocycles. The van der Waals surface area contributed by atoms with Crippen LogP contribution in [-0.2, 0) is 13.0 Å². The number of hydrogen-bond donors (Lipinski definition) is 0. The van der Waals surface area contributed by atoms with Gasteiger partial charge in [0.1, 0.15) is 0 Å². The van der Waals surface area contributed by atoms with Crippen LogP contribution < -0.4 is 0 Å². The molecule has 24 heavy (non-hydrogen) atoms. The molecule has 1 atom stereocenters. The Morgan fingerprint density at radius 1 is 1.29 bits per heavy atom. The van der Waals surface area contributed by atoms with Gasteiger partial charge in [0.2, 0.25) is 0 Å². The molecule has 1 aliphatic heterocycles. The smallest absolute Gasteiger partial charge is 0.276 e. The van der Waals surface area contributed by atoms with Gasteiger partial charge in [-0.1, -0.05) is 35.5 Å². The summed E-state index contributed by atoms with van der Waals surface area (Å²) in [6, 6.07) is 12.5. The maximum atomic E-state index is 12.8. The van der Waals surface area contributed by atoms with Crippen molar-refractivity contribution in [2.24, 2.45) is 0 Å². The summed E-state index contributed by atoms with van der Waals surface area (Å²) >= 11 is 1.67. The van der Waals surface area contributed by atoms with Crippen molar-refractivity contribution in [3.05, 3.63) is 69.7 Å². The molecule has 1 aromatic carbocycles. The second-order valence-electron chi connectivity index (χ2n) is 6.00. The first-order chi connectivity index (χ1) is 11.7. The van der Waals surface area contributed by atoms with E-state index in [0.29, 0.717) is 12.2 Å². The van der Waals surface area contributed by atoms with Gasteiger partial charge in [0.05, 0.1) is 18.8 Å². The fraction of sp³-hybridized carbons (Fsp3) is 0.278. The van der Waals surface area contributed by atoms with E-state index in [9.17, 15) is 4.79 Å². The minimum Gasteiger partial charge on any atom is -0.330 e. The Morgan fingerprint density at radius 3 is 3.00 bits per heavy atom. The van der Waals surface area contributed by atoms with Crippen LogP contribution in [0, 0.1) is 0 Å². The molecule has 5 nitrogen and oxygen atoms in total. The van der Waals surface area contributed by atoms with Crippen LogP contribution >= 0.6 is 11.3 Å². The summed E-state index contributed by atoms with van der Waals surface area (Å²) in [7, 11) is 0. The lowest BCUT2D eigenvalue weighted by Gasteiger charge is -2.34. The van der Waals surface area contributed by atoms with E-state index < -0.39 is 0 Å². The summed E-state index contributed by atoms with van der Waals surface area (Å²) in [6.45, 7) is 3.44. The Bertz CT molecular complexity index is 856. The third-order valence-corrected chi connectivity index (χ3v) is 5.37. The molecule has 122 valence electrons. The first kappa shape index (κ1) is 15.1. The number of nitrogens with zero attached hydrogens (tertiary/aromatic N) is 4. The number of fused-ring (bicyclic) bond motifs is 1. The highest BCUT2D eigenvalue weighted by atomic mass is 32.1. The number of thiophene rings is 1. The molecule has 4 rings (SSSR count). The second-order valence-corrected chi connectivity index (χ2v) is 7.04. The molecule has 0 spiro atoms. The number of amides is 1. The van der Waals surface area contributed by atoms with Gasteiger partial charge in [0, 0.05) is 11.4 Å². The Morgan fingerprint density at radius 2 is 2.17 bits per heavy atom. The molecular weight excluding hydrogens is 320 g/mol. The van der Waals surface area contributed by atoms with Crippen molar-refractivity contribution < 1.29 is 4.79 Å². The first-order valence-electron chi connectivity index (χ1n) is 8.03. The fourth-order valence-electron chi connectivity index (χ4n) is 3.23. The van der Waals surface area contributed by atoms with Crippen molar-refractivity contribution >= 4 is 17.2 Å². The first-order valence-corrected chi connectivity index (χ1v) is 8.91. The summed E-state index contributed by atoms with van der Waals surface area (Å²) in [5, 5.41) is 10.2. The molecule has 3 heterocycles. The van der Waals surface area contributed by atoms with Gasteiger partial charge in [-0.2, -0.15) is 0 Å². The van der Waals surface area contributed by atoms with Gasteiger partial charge in [-0.3, -0.25) is 4.79 Å². The van der Waals surface area contributed by atoms with Gasteiger partial charge in [-0.05, 0) is 35.9 Å². The van der Waals surface area contributed by atoms with Crippen LogP contribution in [0.4, 0.5) is 0 Å². The average molecular weight is 338 g/mol. The topological polar surface area (TPSA) is 51.0 Å². The summed E-state index contributed by atoms with van der Waals surface area (Å²) in [5.41, 5.74) is 2.97. The Hall–Kier alpha value is -2.47. The highest BCUT2D eigenvalue weighted by Crippen LogP contribution is 2.30. The Kier molecular flexibility index (Phi) is 3.90. The normalized spacial score (nSPS) is 16.9. The van der Waals surface area contributed by atoms with Crippen molar-refractivity contribution in [3.63, 3.8) is 0 Å². The van der Waals surface area contributed by atoms with E-state index in [0.717, 1.165) is 13.0 Å². The lowest BCUT2D eigenvalue weighted by molar-refractivity contribution is 0.0671. The number of hydrogen-bond acceptors (Lipinski definition) is 4. The van der Waals surface area contributed by atoms with Gasteiger partial charge < -0.3 is 4.90 Å². The molecule has 6 heteroatoms. The van der Waals surface area contributed by atoms with E-state index in [-0.39, 0.29) is 11.9 Å². The second kappa shape index (κ2) is 6.20. The fourth-order valence-corrected chi connectivity index (χ4v) is 3.93. The van der Waals surface area contributed by atoms with Crippen LogP contribution in [0.3, 0.4) is 0 Å². The van der Waals surface area contributed by atoms with Crippen molar-refractivity contribution in [2.45, 2.75) is 25.9 Å². The minimum absolute atomic E-state index is 0.0468. The molecule has 1 amide bonds. The van der Waals surface area contributed by atoms with Crippen LogP contribution in [0.25, 0.3) is 0 Å². The van der Waals surface area contributed by atoms with Gasteiger partial charge in [-0.15, -0.1) is 16.4 Å². The molecule has 2 aromatic heterocycles. The van der Waals surface area contributed by atoms with Crippen molar-refractivity contribution in [1.82, 2.24) is 19.9 Å². The van der Waals surface area contributed by atoms with Crippen LogP contribution in [0.5, 0.6) is 0 Å². The third-order valence-electron chi connectivity index (χ3n) is 4.51. The number of carbonyl (C=O) groups excluding carboxylic acids is 1. The zero-order valence-electron chi connectivity index (χ0n) is 13.4. The number of aromatic nitrogens is 3. The molecule has 0 radical (unpaired) electrons. The molecule has 0 saturated heterocycles. The van der Waals surface area contributed by atoms with Crippen molar-refractivity contribution in [2.75, 3.05) is 6.54 Å². The van der Waals surface area contributed by atoms with Crippen LogP contribution in [0.2, 0.25) is 0 Å². The van der Waals surface area contributed by atoms with Gasteiger partial charge in [0.25, 0.3) is 5.91 Å². The molecule has 0 bridgehead atoms. The highest BCUT2D eigenvalue weighted by molar-refractivity contribution is 7.09. The highest BCUT2D eigenvalue weighted by Gasteiger charge is 2.29. The predicted molar refractivity (Wildman–Crippen MR) is 93.0 cm³/mol. The van der Waals surface area contributed by atoms with Crippen molar-refractivity contribution in [3.8, 4) is 0 Å². The Balaban J connectivity index is 1.53. The van der Waals surface area contributed by atoms with Gasteiger partial charge >= 0.3 is 0 Å². The van der Waals surface area contributed by atoms with Gasteiger partial charge in [0.15, 0.2) is 5.69 Å². The molecule has 1 unspecified atom stereocenters. The maximum absolute atomic E-state index is 12.8. The minimum atomic E-state index is -0.0468. The lowest BCUT2D eigenvalue weighted by atomic mass is 9.93. The Labute approximate surface area is 144 Å². The zero-order valence-corrected chi connectivity index (χ0v) is 14.2. The van der Waals surface area contributed by atoms with E-state index in [1.807, 2.05) is 22.4 Å². The van der Waals surface area contributed by atoms with E-state index in [2.05, 4.69) is 41.5 Å². The van der Waals surface area contributed by atoms with E-state index >= 15 is 0 Å². The molecule has 0 aliphatic carbocycles. The summed E-state index contributed by atoms with van der Waals surface area (Å²) in [6.07, 6.45) is 2.63. The number of carbonyl (C=O) groups is 1. The molecule has 0 N–H and O–H groups in total.